The molecular formula is C71H114N14O30S3. The second-order valence-corrected chi connectivity index (χ2v) is 32.7. The van der Waals surface area contributed by atoms with Crippen LogP contribution in [0.2, 0.25) is 0 Å². The molecule has 7 atom stereocenters. The van der Waals surface area contributed by atoms with Crippen molar-refractivity contribution in [1.29, 1.82) is 0 Å². The van der Waals surface area contributed by atoms with Gasteiger partial charge in [-0.1, -0.05) is 13.0 Å². The number of pyridine rings is 1. The number of carbonyl (C=O) groups is 9. The van der Waals surface area contributed by atoms with Gasteiger partial charge in [0.2, 0.25) is 39.1 Å². The molecule has 2 aliphatic rings. The number of rotatable bonds is 48. The maximum atomic E-state index is 13.6. The number of aryl methyl sites for hydroxylation is 3. The number of hydrogen-bond acceptors (Lipinski definition) is 32. The summed E-state index contributed by atoms with van der Waals surface area (Å²) in [5.41, 5.74) is 1.24. The lowest BCUT2D eigenvalue weighted by Gasteiger charge is -2.47. The summed E-state index contributed by atoms with van der Waals surface area (Å²) in [7, 11) is -10.1. The van der Waals surface area contributed by atoms with Gasteiger partial charge in [-0.25, -0.2) is 13.4 Å². The van der Waals surface area contributed by atoms with Gasteiger partial charge in [-0.3, -0.25) is 67.5 Å². The Morgan fingerprint density at radius 3 is 1.77 bits per heavy atom. The molecular weight excluding hydrogens is 1630 g/mol. The zero-order chi connectivity index (χ0) is 87.3. The van der Waals surface area contributed by atoms with Crippen molar-refractivity contribution in [2.45, 2.75) is 119 Å². The van der Waals surface area contributed by atoms with Gasteiger partial charge in [-0.05, 0) is 86.9 Å². The number of ether oxygens (including phenoxy) is 6. The highest BCUT2D eigenvalue weighted by Gasteiger charge is 2.53. The Hall–Kier alpha value is -8.38. The number of fused-ring (bicyclic) bond motifs is 1. The number of benzene rings is 2. The number of carbonyl (C=O) groups excluding carboxylic acids is 5. The van der Waals surface area contributed by atoms with Crippen LogP contribution in [0.15, 0.2) is 58.6 Å². The summed E-state index contributed by atoms with van der Waals surface area (Å²) < 4.78 is 121. The van der Waals surface area contributed by atoms with Crippen molar-refractivity contribution in [3.8, 4) is 5.75 Å². The van der Waals surface area contributed by atoms with E-state index in [9.17, 15) is 114 Å². The molecule has 5 amide bonds. The standard InChI is InChI=1S/C36H47N7O10S.C35H67N7O20S2/c1-23-17-26(53-14-5-7-31(44)37-10-6-13-52-16-15-51-4)18-24(2)33(23)54(49,50)42-29(35(47)48)21-40-34(46)28-22-43(3)30-19-25(8-9-27(30)32(28)45)20-41-36-38-11-12-39-36;1-2-16-60-17-3-6-37-34(53)24(4-5-26(43)36-7-18-61-35-32(52)33(64(57,58)59)31(51)25(62-35)23-63(54,55)56)38-27(44)19-39-8-10-40(20-28(45)46)12-14-42(22-30(49)50)15-13-41(11-9-39)21-29(47)48/h8-9,11-12,17-19,22,29,42H,5-7,10,13-16,20-21H2,1-4H3,(H,37,44)(H,40,46)(H,47,48)(H2,38,39,41);24-25,31-33,35,51-52,54-59H,2-23H2,1H3,(H,36,43)(H,37,53)(H,38,44)(H,45,46)(H,47,48)(H,49,50)/t;24-,25?,31?,32?,33?,35?/m.1/s1. The monoisotopic (exact) mass is 1740 g/mol. The minimum atomic E-state index is -4.66. The molecule has 0 aliphatic carbocycles. The van der Waals surface area contributed by atoms with Gasteiger partial charge < -0.3 is 128 Å². The smallest absolute Gasteiger partial charge is 0.323 e. The van der Waals surface area contributed by atoms with E-state index < -0.39 is 146 Å². The van der Waals surface area contributed by atoms with Crippen LogP contribution in [0, 0.1) is 13.8 Å². The van der Waals surface area contributed by atoms with Gasteiger partial charge in [0.15, 0.2) is 12.2 Å². The molecule has 0 bridgehead atoms. The first kappa shape index (κ1) is 100. The SMILES string of the molecule is CCCOCCCNC(=O)[C@@H](CCC(=O)NCCOC1OC(CS(O)(O)O)C(O)C(S(O)(O)O)C1O)NC(=O)CN1CCN(CC(=O)O)CCN(CC(=O)O)CCN(CC(=O)O)CC1.COCCOCCCNC(=O)CCCOc1cc(C)c(S(=O)(=O)NC(CNC(=O)c2cn(C)c3cc(CNc4ncc[nH]4)ccc3c2=O)C(=O)O)c(C)c1. The van der Waals surface area contributed by atoms with Gasteiger partial charge in [0.25, 0.3) is 5.91 Å². The predicted molar refractivity (Wildman–Crippen MR) is 428 cm³/mol. The van der Waals surface area contributed by atoms with Crippen LogP contribution in [0.5, 0.6) is 5.75 Å². The number of anilines is 1. The Kier molecular flexibility index (Phi) is 43.0. The van der Waals surface area contributed by atoms with Gasteiger partial charge in [-0.2, -0.15) is 4.72 Å². The number of aliphatic hydroxyl groups is 2. The fourth-order valence-corrected chi connectivity index (χ4v) is 15.8. The highest BCUT2D eigenvalue weighted by molar-refractivity contribution is 8.20. The molecule has 2 aliphatic heterocycles. The number of sulfonamides is 1. The van der Waals surface area contributed by atoms with Crippen LogP contribution in [-0.2, 0) is 85.7 Å². The molecule has 0 spiro atoms. The number of hydrogen-bond donors (Lipinski definition) is 20. The van der Waals surface area contributed by atoms with Crippen molar-refractivity contribution >= 4 is 102 Å². The molecule has 6 unspecified atom stereocenters. The molecule has 4 heterocycles. The van der Waals surface area contributed by atoms with E-state index in [1.807, 2.05) is 6.92 Å². The Morgan fingerprint density at radius 1 is 0.661 bits per heavy atom. The third kappa shape index (κ3) is 36.3. The highest BCUT2D eigenvalue weighted by atomic mass is 32.3. The summed E-state index contributed by atoms with van der Waals surface area (Å²) in [5, 5.41) is 73.6. The van der Waals surface area contributed by atoms with Gasteiger partial charge in [0.05, 0.1) is 90.5 Å². The number of methoxy groups -OCH3 is 1. The fourth-order valence-electron chi connectivity index (χ4n) is 12.4. The first-order chi connectivity index (χ1) is 55.8. The molecule has 2 aromatic carbocycles. The Balaban J connectivity index is 0.000000426. The Morgan fingerprint density at radius 2 is 1.23 bits per heavy atom. The summed E-state index contributed by atoms with van der Waals surface area (Å²) >= 11 is 0. The number of H-pyrrole nitrogens is 1. The van der Waals surface area contributed by atoms with E-state index in [0.717, 1.165) is 12.0 Å². The van der Waals surface area contributed by atoms with E-state index in [0.29, 0.717) is 93.7 Å². The topological polar surface area (TPSA) is 634 Å². The van der Waals surface area contributed by atoms with Crippen molar-refractivity contribution < 1.29 is 138 Å². The average molecular weight is 1740 g/mol. The molecule has 0 saturated carbocycles. The minimum Gasteiger partial charge on any atom is -0.494 e. The van der Waals surface area contributed by atoms with Crippen LogP contribution in [0.1, 0.15) is 78.9 Å². The lowest BCUT2D eigenvalue weighted by Crippen LogP contribution is -2.60. The number of nitrogens with one attached hydrogen (secondary N) is 8. The minimum absolute atomic E-state index is 0.121. The van der Waals surface area contributed by atoms with Crippen molar-refractivity contribution in [3.63, 3.8) is 0 Å². The number of aliphatic carboxylic acids is 4. The van der Waals surface area contributed by atoms with Crippen LogP contribution in [0.3, 0.4) is 0 Å². The Labute approximate surface area is 684 Å². The fraction of sp³-hybridized carbons (Fsp3) is 0.620. The van der Waals surface area contributed by atoms with Crippen molar-refractivity contribution in [2.24, 2.45) is 7.05 Å². The van der Waals surface area contributed by atoms with Gasteiger partial charge in [-0.15, -0.1) is 0 Å². The Bertz CT molecular complexity index is 4010. The molecule has 4 aromatic rings. The van der Waals surface area contributed by atoms with Crippen molar-refractivity contribution in [3.05, 3.63) is 81.4 Å². The zero-order valence-electron chi connectivity index (χ0n) is 66.4. The van der Waals surface area contributed by atoms with E-state index in [1.54, 1.807) is 82.8 Å². The first-order valence-corrected chi connectivity index (χ1v) is 42.5. The largest absolute Gasteiger partial charge is 0.494 e. The number of aromatic nitrogens is 3. The number of amides is 5. The van der Waals surface area contributed by atoms with Crippen LogP contribution >= 0.6 is 21.7 Å². The van der Waals surface area contributed by atoms with Gasteiger partial charge >= 0.3 is 23.9 Å². The molecule has 2 fully saturated rings. The zero-order valence-corrected chi connectivity index (χ0v) is 68.9. The number of carboxylic acid groups (broad SMARTS) is 4. The lowest BCUT2D eigenvalue weighted by molar-refractivity contribution is -0.258. The molecule has 0 radical (unpaired) electrons. The van der Waals surface area contributed by atoms with E-state index >= 15 is 0 Å². The summed E-state index contributed by atoms with van der Waals surface area (Å²) in [5.74, 6) is -7.78. The second kappa shape index (κ2) is 50.6. The van der Waals surface area contributed by atoms with Crippen LogP contribution in [-0.4, -0.2) is 360 Å². The molecule has 666 valence electrons. The number of imidazole rings is 1. The number of aliphatic hydroxyl groups excluding tert-OH is 2. The lowest BCUT2D eigenvalue weighted by atomic mass is 10.0. The van der Waals surface area contributed by atoms with E-state index in [-0.39, 0.29) is 139 Å². The third-order valence-electron chi connectivity index (χ3n) is 18.2. The summed E-state index contributed by atoms with van der Waals surface area (Å²) in [4.78, 5) is 139. The third-order valence-corrected chi connectivity index (χ3v) is 22.0. The number of nitrogens with zero attached hydrogens (tertiary/aromatic N) is 6. The predicted octanol–water partition coefficient (Wildman–Crippen LogP) is -0.965. The van der Waals surface area contributed by atoms with Crippen molar-refractivity contribution in [1.82, 2.24) is 65.4 Å². The summed E-state index contributed by atoms with van der Waals surface area (Å²) in [6.45, 7) is 7.32. The van der Waals surface area contributed by atoms with Gasteiger partial charge in [0.1, 0.15) is 47.0 Å². The van der Waals surface area contributed by atoms with Gasteiger partial charge in [0, 0.05) is 156 Å². The molecule has 118 heavy (non-hydrogen) atoms. The summed E-state index contributed by atoms with van der Waals surface area (Å²) in [6, 6.07) is 5.19. The van der Waals surface area contributed by atoms with E-state index in [4.69, 9.17) is 28.4 Å². The summed E-state index contributed by atoms with van der Waals surface area (Å²) in [6.07, 6.45) is -0.958. The van der Waals surface area contributed by atoms with Crippen LogP contribution in [0.4, 0.5) is 5.95 Å². The maximum absolute atomic E-state index is 13.6. The van der Waals surface area contributed by atoms with E-state index in [1.165, 1.54) is 18.3 Å². The number of aromatic amines is 1. The average Bonchev–Trinajstić information content (AvgIpc) is 0.799. The quantitative estimate of drug-likeness (QED) is 0.0237. The maximum Gasteiger partial charge on any atom is 0.323 e. The van der Waals surface area contributed by atoms with Crippen LogP contribution < -0.4 is 46.8 Å². The molecule has 6 rings (SSSR count). The first-order valence-electron chi connectivity index (χ1n) is 37.8. The normalized spacial score (nSPS) is 18.4. The van der Waals surface area contributed by atoms with E-state index in [2.05, 4.69) is 46.6 Å². The number of carboxylic acids is 4. The molecule has 44 nitrogen and oxygen atoms in total. The highest BCUT2D eigenvalue weighted by Crippen LogP contribution is 2.49. The molecule has 2 aromatic heterocycles. The molecule has 47 heteroatoms. The van der Waals surface area contributed by atoms with Crippen LogP contribution in [0.25, 0.3) is 10.9 Å². The second-order valence-electron chi connectivity index (χ2n) is 27.8. The molecule has 2 saturated heterocycles. The molecule has 20 N–H and O–H groups in total. The van der Waals surface area contributed by atoms with Crippen molar-refractivity contribution in [2.75, 3.05) is 169 Å².